The quantitative estimate of drug-likeness (QED) is 0.604. The van der Waals surface area contributed by atoms with Crippen LogP contribution in [0.4, 0.5) is 0 Å². The second kappa shape index (κ2) is 6.34. The number of para-hydroxylation sites is 1. The number of benzene rings is 1. The molecule has 0 radical (unpaired) electrons. The van der Waals surface area contributed by atoms with Gasteiger partial charge in [0.2, 0.25) is 0 Å². The maximum Gasteiger partial charge on any atom is 0.262 e. The Morgan fingerprint density at radius 1 is 1.23 bits per heavy atom. The van der Waals surface area contributed by atoms with Crippen molar-refractivity contribution in [2.24, 2.45) is 0 Å². The fourth-order valence-electron chi connectivity index (χ4n) is 3.70. The molecule has 0 saturated carbocycles. The molecule has 3 aromatic heterocycles. The molecule has 0 bridgehead atoms. The van der Waals surface area contributed by atoms with Gasteiger partial charge in [0.05, 0.1) is 23.4 Å². The van der Waals surface area contributed by atoms with Gasteiger partial charge in [-0.15, -0.1) is 11.3 Å². The third-order valence-corrected chi connectivity index (χ3v) is 6.16. The van der Waals surface area contributed by atoms with E-state index in [9.17, 15) is 4.79 Å². The number of aryl methyl sites for hydroxylation is 2. The first-order valence-electron chi connectivity index (χ1n) is 8.92. The lowest BCUT2D eigenvalue weighted by Gasteiger charge is -2.12. The van der Waals surface area contributed by atoms with Crippen molar-refractivity contribution in [1.29, 1.82) is 0 Å². The van der Waals surface area contributed by atoms with Gasteiger partial charge in [-0.3, -0.25) is 14.0 Å². The van der Waals surface area contributed by atoms with Crippen LogP contribution >= 0.6 is 11.3 Å². The first-order chi connectivity index (χ1) is 12.8. The molecule has 1 N–H and O–H groups in total. The van der Waals surface area contributed by atoms with Crippen LogP contribution in [-0.2, 0) is 26.1 Å². The van der Waals surface area contributed by atoms with Crippen molar-refractivity contribution >= 4 is 32.5 Å². The predicted octanol–water partition coefficient (Wildman–Crippen LogP) is 2.54. The summed E-state index contributed by atoms with van der Waals surface area (Å²) in [6.07, 6.45) is 5.34. The summed E-state index contributed by atoms with van der Waals surface area (Å²) in [6.45, 7) is 3.21. The van der Waals surface area contributed by atoms with Crippen LogP contribution in [0.15, 0.2) is 41.6 Å². The van der Waals surface area contributed by atoms with E-state index in [1.165, 1.54) is 10.4 Å². The highest BCUT2D eigenvalue weighted by Gasteiger charge is 2.19. The van der Waals surface area contributed by atoms with Gasteiger partial charge in [-0.2, -0.15) is 5.10 Å². The smallest absolute Gasteiger partial charge is 0.262 e. The van der Waals surface area contributed by atoms with Crippen LogP contribution in [0.3, 0.4) is 0 Å². The van der Waals surface area contributed by atoms with Crippen molar-refractivity contribution in [2.75, 3.05) is 6.54 Å². The van der Waals surface area contributed by atoms with Gasteiger partial charge in [0, 0.05) is 29.9 Å². The van der Waals surface area contributed by atoms with E-state index in [-0.39, 0.29) is 5.56 Å². The Balaban J connectivity index is 1.39. The average Bonchev–Trinajstić information content (AvgIpc) is 3.25. The van der Waals surface area contributed by atoms with Crippen LogP contribution in [-0.4, -0.2) is 25.9 Å². The van der Waals surface area contributed by atoms with E-state index < -0.39 is 0 Å². The van der Waals surface area contributed by atoms with Crippen molar-refractivity contribution in [3.63, 3.8) is 0 Å². The molecule has 0 spiro atoms. The Morgan fingerprint density at radius 3 is 3.12 bits per heavy atom. The number of hydrogen-bond donors (Lipinski definition) is 1. The monoisotopic (exact) mass is 365 g/mol. The Kier molecular flexibility index (Phi) is 3.83. The van der Waals surface area contributed by atoms with Crippen molar-refractivity contribution in [3.05, 3.63) is 57.6 Å². The van der Waals surface area contributed by atoms with Crippen molar-refractivity contribution in [3.8, 4) is 0 Å². The van der Waals surface area contributed by atoms with E-state index in [2.05, 4.69) is 27.5 Å². The van der Waals surface area contributed by atoms with Crippen molar-refractivity contribution in [1.82, 2.24) is 24.6 Å². The zero-order chi connectivity index (χ0) is 17.5. The Hall–Kier alpha value is -2.51. The van der Waals surface area contributed by atoms with Crippen LogP contribution in [0.2, 0.25) is 0 Å². The molecular formula is C19H19N5OS. The third-order valence-electron chi connectivity index (χ3n) is 5.02. The normalized spacial score (nSPS) is 14.2. The van der Waals surface area contributed by atoms with Gasteiger partial charge >= 0.3 is 0 Å². The van der Waals surface area contributed by atoms with E-state index in [0.29, 0.717) is 6.54 Å². The van der Waals surface area contributed by atoms with Crippen LogP contribution in [0, 0.1) is 0 Å². The molecule has 0 saturated heterocycles. The molecule has 0 aliphatic carbocycles. The Labute approximate surface area is 154 Å². The number of fused-ring (bicyclic) bond motifs is 4. The largest absolute Gasteiger partial charge is 0.312 e. The van der Waals surface area contributed by atoms with Crippen LogP contribution in [0.25, 0.3) is 21.1 Å². The summed E-state index contributed by atoms with van der Waals surface area (Å²) in [5, 5.41) is 9.80. The SMILES string of the molecule is O=c1c2c3c(sc2ncn1CCCn1ncc2ccccc21)CNCC3. The van der Waals surface area contributed by atoms with Gasteiger partial charge in [0.25, 0.3) is 5.56 Å². The van der Waals surface area contributed by atoms with Gasteiger partial charge < -0.3 is 5.32 Å². The van der Waals surface area contributed by atoms with Gasteiger partial charge in [0.1, 0.15) is 4.83 Å². The van der Waals surface area contributed by atoms with Crippen LogP contribution in [0.1, 0.15) is 16.9 Å². The highest BCUT2D eigenvalue weighted by molar-refractivity contribution is 7.18. The van der Waals surface area contributed by atoms with Crippen molar-refractivity contribution in [2.45, 2.75) is 32.5 Å². The number of hydrogen-bond acceptors (Lipinski definition) is 5. The summed E-state index contributed by atoms with van der Waals surface area (Å²) >= 11 is 1.64. The summed E-state index contributed by atoms with van der Waals surface area (Å²) in [7, 11) is 0. The topological polar surface area (TPSA) is 64.7 Å². The Bertz CT molecular complexity index is 1160. The maximum absolute atomic E-state index is 13.0. The molecule has 1 aliphatic heterocycles. The van der Waals surface area contributed by atoms with Crippen molar-refractivity contribution < 1.29 is 0 Å². The minimum absolute atomic E-state index is 0.0970. The second-order valence-corrected chi connectivity index (χ2v) is 7.72. The molecule has 6 nitrogen and oxygen atoms in total. The fraction of sp³-hybridized carbons (Fsp3) is 0.316. The summed E-state index contributed by atoms with van der Waals surface area (Å²) in [6, 6.07) is 8.19. The summed E-state index contributed by atoms with van der Waals surface area (Å²) in [5.74, 6) is 0. The van der Waals surface area contributed by atoms with Gasteiger partial charge in [-0.25, -0.2) is 4.98 Å². The summed E-state index contributed by atoms with van der Waals surface area (Å²) < 4.78 is 3.76. The molecule has 0 fully saturated rings. The van der Waals surface area contributed by atoms with E-state index in [1.54, 1.807) is 22.2 Å². The van der Waals surface area contributed by atoms with Crippen LogP contribution < -0.4 is 10.9 Å². The molecule has 7 heteroatoms. The molecule has 132 valence electrons. The molecule has 5 rings (SSSR count). The van der Waals surface area contributed by atoms with E-state index in [1.807, 2.05) is 23.0 Å². The average molecular weight is 365 g/mol. The molecule has 0 unspecified atom stereocenters. The third kappa shape index (κ3) is 2.55. The molecule has 4 aromatic rings. The predicted molar refractivity (Wildman–Crippen MR) is 104 cm³/mol. The van der Waals surface area contributed by atoms with E-state index >= 15 is 0 Å². The number of rotatable bonds is 4. The number of nitrogens with one attached hydrogen (secondary N) is 1. The lowest BCUT2D eigenvalue weighted by molar-refractivity contribution is 0.528. The molecule has 0 atom stereocenters. The van der Waals surface area contributed by atoms with E-state index in [4.69, 9.17) is 0 Å². The first-order valence-corrected chi connectivity index (χ1v) is 9.74. The molecule has 26 heavy (non-hydrogen) atoms. The van der Waals surface area contributed by atoms with Gasteiger partial charge in [-0.05, 0) is 31.0 Å². The summed E-state index contributed by atoms with van der Waals surface area (Å²) in [4.78, 5) is 19.6. The number of nitrogens with zero attached hydrogens (tertiary/aromatic N) is 4. The Morgan fingerprint density at radius 2 is 2.15 bits per heavy atom. The highest BCUT2D eigenvalue weighted by Crippen LogP contribution is 2.29. The van der Waals surface area contributed by atoms with E-state index in [0.717, 1.165) is 53.6 Å². The molecular weight excluding hydrogens is 346 g/mol. The van der Waals surface area contributed by atoms with Gasteiger partial charge in [-0.1, -0.05) is 18.2 Å². The van der Waals surface area contributed by atoms with Gasteiger partial charge in [0.15, 0.2) is 0 Å². The summed E-state index contributed by atoms with van der Waals surface area (Å²) in [5.41, 5.74) is 2.43. The molecule has 1 aliphatic rings. The first kappa shape index (κ1) is 15.7. The fourth-order valence-corrected chi connectivity index (χ4v) is 4.85. The number of aromatic nitrogens is 4. The van der Waals surface area contributed by atoms with Crippen LogP contribution in [0.5, 0.6) is 0 Å². The maximum atomic E-state index is 13.0. The highest BCUT2D eigenvalue weighted by atomic mass is 32.1. The zero-order valence-electron chi connectivity index (χ0n) is 14.3. The second-order valence-electron chi connectivity index (χ2n) is 6.63. The zero-order valence-corrected chi connectivity index (χ0v) is 15.1. The molecule has 0 amide bonds. The number of thiophene rings is 1. The lowest BCUT2D eigenvalue weighted by Crippen LogP contribution is -2.25. The molecule has 4 heterocycles. The lowest BCUT2D eigenvalue weighted by atomic mass is 10.1. The molecule has 1 aromatic carbocycles. The minimum Gasteiger partial charge on any atom is -0.312 e. The standard InChI is InChI=1S/C19H19N5OS/c25-19-17-14-6-7-20-11-16(14)26-18(17)21-12-23(19)8-3-9-24-15-5-2-1-4-13(15)10-22-24/h1-2,4-5,10,12,20H,3,6-9,11H2. The minimum atomic E-state index is 0.0970.